The van der Waals surface area contributed by atoms with E-state index >= 15 is 0 Å². The van der Waals surface area contributed by atoms with Gasteiger partial charge >= 0.3 is 0 Å². The molecule has 0 radical (unpaired) electrons. The molecule has 1 aromatic heterocycles. The standard InChI is InChI=1S/C23H26N2O3/c1-16(2)25(15-21-11-8-17(3)28-21)22(26)12-13-24-23(27)20-10-9-18-6-4-5-7-19(18)14-20/h4-11,14,16H,12-13,15H2,1-3H3,(H,24,27). The normalized spacial score (nSPS) is 11.0. The number of hydrogen-bond donors (Lipinski definition) is 1. The number of benzene rings is 2. The molecule has 0 aliphatic rings. The molecule has 0 bridgehead atoms. The van der Waals surface area contributed by atoms with Crippen molar-refractivity contribution in [3.63, 3.8) is 0 Å². The molecule has 5 nitrogen and oxygen atoms in total. The van der Waals surface area contributed by atoms with Gasteiger partial charge in [0.15, 0.2) is 0 Å². The predicted molar refractivity (Wildman–Crippen MR) is 110 cm³/mol. The van der Waals surface area contributed by atoms with E-state index in [9.17, 15) is 9.59 Å². The fraction of sp³-hybridized carbons (Fsp3) is 0.304. The predicted octanol–water partition coefficient (Wildman–Crippen LogP) is 4.30. The lowest BCUT2D eigenvalue weighted by atomic mass is 10.1. The van der Waals surface area contributed by atoms with Crippen molar-refractivity contribution < 1.29 is 14.0 Å². The molecule has 1 heterocycles. The molecule has 2 amide bonds. The maximum absolute atomic E-state index is 12.6. The summed E-state index contributed by atoms with van der Waals surface area (Å²) in [4.78, 5) is 26.8. The van der Waals surface area contributed by atoms with Gasteiger partial charge in [0.25, 0.3) is 5.91 Å². The topological polar surface area (TPSA) is 62.6 Å². The van der Waals surface area contributed by atoms with Crippen LogP contribution in [0.3, 0.4) is 0 Å². The van der Waals surface area contributed by atoms with E-state index in [2.05, 4.69) is 5.32 Å². The molecule has 0 saturated carbocycles. The third-order valence-electron chi connectivity index (χ3n) is 4.70. The van der Waals surface area contributed by atoms with E-state index in [1.165, 1.54) is 0 Å². The number of rotatable bonds is 7. The lowest BCUT2D eigenvalue weighted by Gasteiger charge is -2.26. The highest BCUT2D eigenvalue weighted by molar-refractivity contribution is 5.98. The maximum atomic E-state index is 12.6. The van der Waals surface area contributed by atoms with Crippen molar-refractivity contribution in [2.75, 3.05) is 6.54 Å². The number of hydrogen-bond acceptors (Lipinski definition) is 3. The Kier molecular flexibility index (Phi) is 6.14. The van der Waals surface area contributed by atoms with E-state index in [-0.39, 0.29) is 24.3 Å². The molecule has 5 heteroatoms. The van der Waals surface area contributed by atoms with E-state index in [4.69, 9.17) is 4.42 Å². The molecule has 0 aliphatic heterocycles. The minimum absolute atomic E-state index is 0.0112. The SMILES string of the molecule is Cc1ccc(CN(C(=O)CCNC(=O)c2ccc3ccccc3c2)C(C)C)o1. The van der Waals surface area contributed by atoms with E-state index < -0.39 is 0 Å². The summed E-state index contributed by atoms with van der Waals surface area (Å²) in [7, 11) is 0. The van der Waals surface area contributed by atoms with Crippen molar-refractivity contribution in [2.45, 2.75) is 39.8 Å². The van der Waals surface area contributed by atoms with Gasteiger partial charge in [-0.2, -0.15) is 0 Å². The van der Waals surface area contributed by atoms with Crippen LogP contribution in [0.5, 0.6) is 0 Å². The zero-order valence-electron chi connectivity index (χ0n) is 16.6. The Morgan fingerprint density at radius 2 is 1.79 bits per heavy atom. The molecular formula is C23H26N2O3. The Balaban J connectivity index is 1.55. The summed E-state index contributed by atoms with van der Waals surface area (Å²) in [6, 6.07) is 17.3. The van der Waals surface area contributed by atoms with Crippen LogP contribution in [0, 0.1) is 6.92 Å². The molecular weight excluding hydrogens is 352 g/mol. The zero-order valence-corrected chi connectivity index (χ0v) is 16.6. The second-order valence-electron chi connectivity index (χ2n) is 7.20. The van der Waals surface area contributed by atoms with Crippen LogP contribution in [0.1, 0.15) is 42.1 Å². The van der Waals surface area contributed by atoms with Crippen LogP contribution in [0.15, 0.2) is 59.0 Å². The third kappa shape index (κ3) is 4.80. The Morgan fingerprint density at radius 1 is 1.04 bits per heavy atom. The highest BCUT2D eigenvalue weighted by Crippen LogP contribution is 2.16. The molecule has 1 N–H and O–H groups in total. The summed E-state index contributed by atoms with van der Waals surface area (Å²) in [5.41, 5.74) is 0.595. The van der Waals surface area contributed by atoms with Gasteiger partial charge in [0, 0.05) is 24.6 Å². The third-order valence-corrected chi connectivity index (χ3v) is 4.70. The largest absolute Gasteiger partial charge is 0.464 e. The summed E-state index contributed by atoms with van der Waals surface area (Å²) >= 11 is 0. The quantitative estimate of drug-likeness (QED) is 0.667. The number of fused-ring (bicyclic) bond motifs is 1. The van der Waals surface area contributed by atoms with Crippen LogP contribution in [-0.4, -0.2) is 29.3 Å². The molecule has 28 heavy (non-hydrogen) atoms. The van der Waals surface area contributed by atoms with Gasteiger partial charge in [-0.05, 0) is 55.8 Å². The van der Waals surface area contributed by atoms with Gasteiger partial charge in [-0.3, -0.25) is 9.59 Å². The molecule has 3 aromatic rings. The van der Waals surface area contributed by atoms with Crippen molar-refractivity contribution in [1.29, 1.82) is 0 Å². The first-order valence-corrected chi connectivity index (χ1v) is 9.56. The minimum Gasteiger partial charge on any atom is -0.464 e. The molecule has 0 spiro atoms. The molecule has 0 unspecified atom stereocenters. The summed E-state index contributed by atoms with van der Waals surface area (Å²) in [6.45, 7) is 6.56. The number of carbonyl (C=O) groups excluding carboxylic acids is 2. The highest BCUT2D eigenvalue weighted by atomic mass is 16.3. The fourth-order valence-corrected chi connectivity index (χ4v) is 3.16. The summed E-state index contributed by atoms with van der Waals surface area (Å²) in [6.07, 6.45) is 0.247. The van der Waals surface area contributed by atoms with Crippen molar-refractivity contribution in [3.05, 3.63) is 71.7 Å². The van der Waals surface area contributed by atoms with Crippen molar-refractivity contribution in [1.82, 2.24) is 10.2 Å². The van der Waals surface area contributed by atoms with Gasteiger partial charge in [0.2, 0.25) is 5.91 Å². The fourth-order valence-electron chi connectivity index (χ4n) is 3.16. The van der Waals surface area contributed by atoms with Crippen LogP contribution < -0.4 is 5.32 Å². The maximum Gasteiger partial charge on any atom is 0.251 e. The number of amides is 2. The minimum atomic E-state index is -0.170. The molecule has 3 rings (SSSR count). The van der Waals surface area contributed by atoms with Crippen LogP contribution >= 0.6 is 0 Å². The van der Waals surface area contributed by atoms with Gasteiger partial charge in [0.1, 0.15) is 11.5 Å². The second kappa shape index (κ2) is 8.74. The Bertz CT molecular complexity index is 975. The van der Waals surface area contributed by atoms with Crippen LogP contribution in [-0.2, 0) is 11.3 Å². The molecule has 2 aromatic carbocycles. The first-order chi connectivity index (χ1) is 13.4. The van der Waals surface area contributed by atoms with Gasteiger partial charge < -0.3 is 14.6 Å². The van der Waals surface area contributed by atoms with Gasteiger partial charge in [-0.25, -0.2) is 0 Å². The highest BCUT2D eigenvalue weighted by Gasteiger charge is 2.19. The Labute approximate surface area is 165 Å². The number of aryl methyl sites for hydroxylation is 1. The van der Waals surface area contributed by atoms with E-state index in [1.54, 1.807) is 11.0 Å². The van der Waals surface area contributed by atoms with Crippen molar-refractivity contribution in [3.8, 4) is 0 Å². The van der Waals surface area contributed by atoms with E-state index in [0.29, 0.717) is 18.7 Å². The van der Waals surface area contributed by atoms with Crippen molar-refractivity contribution in [2.24, 2.45) is 0 Å². The number of nitrogens with one attached hydrogen (secondary N) is 1. The number of carbonyl (C=O) groups is 2. The summed E-state index contributed by atoms with van der Waals surface area (Å²) in [5, 5.41) is 4.96. The lowest BCUT2D eigenvalue weighted by Crippen LogP contribution is -2.38. The number of nitrogens with zero attached hydrogens (tertiary/aromatic N) is 1. The average molecular weight is 378 g/mol. The average Bonchev–Trinajstić information content (AvgIpc) is 3.10. The van der Waals surface area contributed by atoms with Gasteiger partial charge in [-0.1, -0.05) is 30.3 Å². The molecule has 0 aliphatic carbocycles. The lowest BCUT2D eigenvalue weighted by molar-refractivity contribution is -0.133. The molecule has 0 atom stereocenters. The first-order valence-electron chi connectivity index (χ1n) is 9.56. The van der Waals surface area contributed by atoms with Gasteiger partial charge in [0.05, 0.1) is 6.54 Å². The van der Waals surface area contributed by atoms with Crippen LogP contribution in [0.4, 0.5) is 0 Å². The zero-order chi connectivity index (χ0) is 20.1. The second-order valence-corrected chi connectivity index (χ2v) is 7.20. The Morgan fingerprint density at radius 3 is 2.46 bits per heavy atom. The molecule has 0 saturated heterocycles. The monoisotopic (exact) mass is 378 g/mol. The van der Waals surface area contributed by atoms with Crippen LogP contribution in [0.25, 0.3) is 10.8 Å². The summed E-state index contributed by atoms with van der Waals surface area (Å²) in [5.74, 6) is 1.41. The molecule has 0 fully saturated rings. The van der Waals surface area contributed by atoms with Crippen LogP contribution in [0.2, 0.25) is 0 Å². The van der Waals surface area contributed by atoms with Crippen molar-refractivity contribution >= 4 is 22.6 Å². The van der Waals surface area contributed by atoms with E-state index in [1.807, 2.05) is 69.3 Å². The summed E-state index contributed by atoms with van der Waals surface area (Å²) < 4.78 is 5.59. The Hall–Kier alpha value is -3.08. The van der Waals surface area contributed by atoms with E-state index in [0.717, 1.165) is 22.3 Å². The van der Waals surface area contributed by atoms with Gasteiger partial charge in [-0.15, -0.1) is 0 Å². The first kappa shape index (κ1) is 19.7. The number of furan rings is 1. The molecule has 146 valence electrons. The smallest absolute Gasteiger partial charge is 0.251 e.